The maximum atomic E-state index is 2.45. The lowest BCUT2D eigenvalue weighted by Crippen LogP contribution is -2.38. The molecule has 0 aliphatic heterocycles. The average molecular weight is 237 g/mol. The van der Waals surface area contributed by atoms with E-state index in [4.69, 9.17) is 0 Å². The van der Waals surface area contributed by atoms with Crippen LogP contribution < -0.4 is 4.57 Å². The van der Waals surface area contributed by atoms with Crippen molar-refractivity contribution in [3.8, 4) is 0 Å². The van der Waals surface area contributed by atoms with Gasteiger partial charge in [-0.05, 0) is 19.3 Å². The number of nitrogens with zero attached hydrogens (tertiary/aromatic N) is 2. The highest BCUT2D eigenvalue weighted by Crippen LogP contribution is 2.12. The van der Waals surface area contributed by atoms with E-state index in [1.54, 1.807) is 0 Å². The number of hydrogen-bond donors (Lipinski definition) is 0. The topological polar surface area (TPSA) is 8.81 Å². The Labute approximate surface area is 107 Å². The summed E-state index contributed by atoms with van der Waals surface area (Å²) in [6.07, 6.45) is 11.0. The van der Waals surface area contributed by atoms with Gasteiger partial charge in [0.15, 0.2) is 0 Å². The lowest BCUT2D eigenvalue weighted by Gasteiger charge is -2.07. The summed E-state index contributed by atoms with van der Waals surface area (Å²) in [6, 6.07) is 0. The number of unbranched alkanes of at least 4 members (excludes halogenated alkanes) is 3. The molecule has 0 aromatic carbocycles. The molecule has 17 heavy (non-hydrogen) atoms. The van der Waals surface area contributed by atoms with Crippen LogP contribution in [0.3, 0.4) is 0 Å². The molecule has 0 atom stereocenters. The van der Waals surface area contributed by atoms with Gasteiger partial charge < -0.3 is 0 Å². The van der Waals surface area contributed by atoms with Crippen molar-refractivity contribution in [3.63, 3.8) is 0 Å². The molecule has 1 aromatic heterocycles. The predicted molar refractivity (Wildman–Crippen MR) is 73.1 cm³/mol. The zero-order valence-corrected chi connectivity index (χ0v) is 12.1. The van der Waals surface area contributed by atoms with Crippen molar-refractivity contribution in [2.75, 3.05) is 0 Å². The second-order valence-corrected chi connectivity index (χ2v) is 5.26. The lowest BCUT2D eigenvalue weighted by atomic mass is 10.2. The molecule has 0 N–H and O–H groups in total. The summed E-state index contributed by atoms with van der Waals surface area (Å²) in [4.78, 5) is 0. The molecule has 2 heteroatoms. The molecule has 1 aromatic rings. The highest BCUT2D eigenvalue weighted by atomic mass is 15.1. The van der Waals surface area contributed by atoms with E-state index < -0.39 is 0 Å². The largest absolute Gasteiger partial charge is 0.258 e. The molecule has 0 aliphatic carbocycles. The van der Waals surface area contributed by atoms with Gasteiger partial charge in [-0.3, -0.25) is 0 Å². The molecule has 1 heterocycles. The van der Waals surface area contributed by atoms with Crippen LogP contribution in [-0.4, -0.2) is 4.57 Å². The molecule has 0 saturated heterocycles. The monoisotopic (exact) mass is 237 g/mol. The van der Waals surface area contributed by atoms with Crippen LogP contribution in [0.15, 0.2) is 12.4 Å². The van der Waals surface area contributed by atoms with Crippen molar-refractivity contribution in [2.45, 2.75) is 78.8 Å². The zero-order chi connectivity index (χ0) is 12.7. The van der Waals surface area contributed by atoms with Crippen LogP contribution in [0, 0.1) is 0 Å². The maximum absolute atomic E-state index is 2.45. The van der Waals surface area contributed by atoms with E-state index in [2.05, 4.69) is 49.2 Å². The Hall–Kier alpha value is -0.790. The first-order valence-electron chi connectivity index (χ1n) is 7.29. The number of aromatic nitrogens is 2. The van der Waals surface area contributed by atoms with Crippen LogP contribution in [-0.2, 0) is 13.1 Å². The van der Waals surface area contributed by atoms with Crippen molar-refractivity contribution in [3.05, 3.63) is 18.2 Å². The van der Waals surface area contributed by atoms with Crippen molar-refractivity contribution in [1.29, 1.82) is 0 Å². The lowest BCUT2D eigenvalue weighted by molar-refractivity contribution is -0.705. The SMILES string of the molecule is CCCCC[n+]1ccn(CCCC)c1C(C)C. The van der Waals surface area contributed by atoms with Crippen LogP contribution in [0.1, 0.15) is 71.5 Å². The van der Waals surface area contributed by atoms with Gasteiger partial charge in [0.1, 0.15) is 12.4 Å². The number of imidazole rings is 1. The summed E-state index contributed by atoms with van der Waals surface area (Å²) < 4.78 is 4.90. The fourth-order valence-corrected chi connectivity index (χ4v) is 2.38. The minimum absolute atomic E-state index is 0.614. The Morgan fingerprint density at radius 3 is 2.41 bits per heavy atom. The fourth-order valence-electron chi connectivity index (χ4n) is 2.38. The highest BCUT2D eigenvalue weighted by molar-refractivity contribution is 4.89. The van der Waals surface area contributed by atoms with E-state index in [1.807, 2.05) is 0 Å². The van der Waals surface area contributed by atoms with E-state index in [0.717, 1.165) is 0 Å². The van der Waals surface area contributed by atoms with Crippen molar-refractivity contribution in [1.82, 2.24) is 4.57 Å². The van der Waals surface area contributed by atoms with E-state index in [1.165, 1.54) is 51.0 Å². The first-order valence-corrected chi connectivity index (χ1v) is 7.29. The summed E-state index contributed by atoms with van der Waals surface area (Å²) in [7, 11) is 0. The van der Waals surface area contributed by atoms with Gasteiger partial charge in [-0.1, -0.05) is 40.5 Å². The number of aryl methyl sites for hydroxylation is 2. The summed E-state index contributed by atoms with van der Waals surface area (Å²) >= 11 is 0. The van der Waals surface area contributed by atoms with Crippen LogP contribution in [0.4, 0.5) is 0 Å². The zero-order valence-electron chi connectivity index (χ0n) is 12.1. The third-order valence-electron chi connectivity index (χ3n) is 3.29. The second-order valence-electron chi connectivity index (χ2n) is 5.26. The van der Waals surface area contributed by atoms with Gasteiger partial charge in [0.05, 0.1) is 19.0 Å². The van der Waals surface area contributed by atoms with Crippen molar-refractivity contribution in [2.24, 2.45) is 0 Å². The molecule has 0 bridgehead atoms. The quantitative estimate of drug-likeness (QED) is 0.479. The minimum atomic E-state index is 0.614. The molecule has 0 aliphatic rings. The smallest absolute Gasteiger partial charge is 0.234 e. The van der Waals surface area contributed by atoms with Crippen LogP contribution in [0.2, 0.25) is 0 Å². The van der Waals surface area contributed by atoms with Gasteiger partial charge in [-0.2, -0.15) is 0 Å². The average Bonchev–Trinajstić information content (AvgIpc) is 2.70. The number of hydrogen-bond acceptors (Lipinski definition) is 0. The molecule has 1 rings (SSSR count). The third kappa shape index (κ3) is 4.18. The van der Waals surface area contributed by atoms with Gasteiger partial charge in [0.2, 0.25) is 0 Å². The molecule has 0 amide bonds. The first kappa shape index (κ1) is 14.3. The normalized spacial score (nSPS) is 11.4. The Morgan fingerprint density at radius 2 is 1.82 bits per heavy atom. The Balaban J connectivity index is 2.71. The van der Waals surface area contributed by atoms with Crippen LogP contribution in [0.5, 0.6) is 0 Å². The fraction of sp³-hybridized carbons (Fsp3) is 0.800. The van der Waals surface area contributed by atoms with E-state index in [9.17, 15) is 0 Å². The molecule has 0 saturated carbocycles. The first-order chi connectivity index (χ1) is 8.20. The van der Waals surface area contributed by atoms with E-state index >= 15 is 0 Å². The van der Waals surface area contributed by atoms with Crippen LogP contribution in [0.25, 0.3) is 0 Å². The molecular weight excluding hydrogens is 208 g/mol. The molecular formula is C15H29N2+. The molecule has 0 radical (unpaired) electrons. The van der Waals surface area contributed by atoms with Gasteiger partial charge in [-0.15, -0.1) is 0 Å². The van der Waals surface area contributed by atoms with Gasteiger partial charge in [-0.25, -0.2) is 9.13 Å². The predicted octanol–water partition coefficient (Wildman–Crippen LogP) is 3.89. The van der Waals surface area contributed by atoms with Gasteiger partial charge in [0, 0.05) is 0 Å². The molecule has 0 spiro atoms. The van der Waals surface area contributed by atoms with Gasteiger partial charge in [0.25, 0.3) is 5.82 Å². The standard InChI is InChI=1S/C15H29N2/c1-5-7-9-11-17-13-12-16(10-8-6-2)15(17)14(3)4/h12-14H,5-11H2,1-4H3/q+1. The Kier molecular flexibility index (Phi) is 6.31. The Bertz CT molecular complexity index is 313. The van der Waals surface area contributed by atoms with Gasteiger partial charge >= 0.3 is 0 Å². The molecule has 0 fully saturated rings. The third-order valence-corrected chi connectivity index (χ3v) is 3.29. The summed E-state index contributed by atoms with van der Waals surface area (Å²) in [5.74, 6) is 2.11. The highest BCUT2D eigenvalue weighted by Gasteiger charge is 2.19. The molecule has 2 nitrogen and oxygen atoms in total. The van der Waals surface area contributed by atoms with E-state index in [0.29, 0.717) is 5.92 Å². The summed E-state index contributed by atoms with van der Waals surface area (Å²) in [5, 5.41) is 0. The van der Waals surface area contributed by atoms with Crippen LogP contribution >= 0.6 is 0 Å². The number of rotatable bonds is 8. The van der Waals surface area contributed by atoms with E-state index in [-0.39, 0.29) is 0 Å². The summed E-state index contributed by atoms with van der Waals surface area (Å²) in [6.45, 7) is 11.5. The molecule has 98 valence electrons. The van der Waals surface area contributed by atoms with Crippen molar-refractivity contribution < 1.29 is 4.57 Å². The van der Waals surface area contributed by atoms with Crippen molar-refractivity contribution >= 4 is 0 Å². The second kappa shape index (κ2) is 7.52. The molecule has 0 unspecified atom stereocenters. The maximum Gasteiger partial charge on any atom is 0.258 e. The Morgan fingerprint density at radius 1 is 1.12 bits per heavy atom. The minimum Gasteiger partial charge on any atom is -0.234 e. The summed E-state index contributed by atoms with van der Waals surface area (Å²) in [5.41, 5.74) is 0.